The molecule has 0 saturated heterocycles. The van der Waals surface area contributed by atoms with E-state index in [9.17, 15) is 14.9 Å². The molecule has 1 heterocycles. The molecule has 3 aromatic rings. The molecule has 6 nitrogen and oxygen atoms in total. The highest BCUT2D eigenvalue weighted by atomic mass is 16.5. The van der Waals surface area contributed by atoms with E-state index in [2.05, 4.69) is 6.19 Å². The molecule has 30 heavy (non-hydrogen) atoms. The molecule has 1 atom stereocenters. The summed E-state index contributed by atoms with van der Waals surface area (Å²) in [4.78, 5) is 26.6. The normalized spacial score (nSPS) is 14.5. The number of fused-ring (bicyclic) bond motifs is 2. The molecule has 1 aliphatic rings. The minimum atomic E-state index is -0.626. The first-order valence-electron chi connectivity index (χ1n) is 9.39. The predicted molar refractivity (Wildman–Crippen MR) is 110 cm³/mol. The summed E-state index contributed by atoms with van der Waals surface area (Å²) in [6.45, 7) is 0. The van der Waals surface area contributed by atoms with Gasteiger partial charge in [-0.05, 0) is 29.8 Å². The maximum Gasteiger partial charge on any atom is 0.339 e. The van der Waals surface area contributed by atoms with Crippen molar-refractivity contribution < 1.29 is 19.1 Å². The third kappa shape index (κ3) is 3.38. The van der Waals surface area contributed by atoms with Gasteiger partial charge in [0, 0.05) is 12.0 Å². The monoisotopic (exact) mass is 398 g/mol. The van der Waals surface area contributed by atoms with E-state index in [-0.39, 0.29) is 11.1 Å². The molecule has 0 aliphatic carbocycles. The van der Waals surface area contributed by atoms with Crippen LogP contribution in [0.4, 0.5) is 11.4 Å². The van der Waals surface area contributed by atoms with Crippen LogP contribution in [-0.4, -0.2) is 19.0 Å². The summed E-state index contributed by atoms with van der Waals surface area (Å²) in [5.41, 5.74) is 3.29. The lowest BCUT2D eigenvalue weighted by Crippen LogP contribution is -2.17. The Balaban J connectivity index is 1.76. The van der Waals surface area contributed by atoms with Gasteiger partial charge >= 0.3 is 11.9 Å². The van der Waals surface area contributed by atoms with Gasteiger partial charge in [-0.1, -0.05) is 48.5 Å². The summed E-state index contributed by atoms with van der Waals surface area (Å²) in [6, 6.07) is 21.3. The lowest BCUT2D eigenvalue weighted by molar-refractivity contribution is 0.0293. The Morgan fingerprint density at radius 3 is 2.20 bits per heavy atom. The van der Waals surface area contributed by atoms with E-state index < -0.39 is 18.0 Å². The summed E-state index contributed by atoms with van der Waals surface area (Å²) >= 11 is 0. The van der Waals surface area contributed by atoms with E-state index in [4.69, 9.17) is 9.47 Å². The van der Waals surface area contributed by atoms with Crippen LogP contribution in [0, 0.1) is 11.5 Å². The van der Waals surface area contributed by atoms with Crippen LogP contribution in [0.5, 0.6) is 0 Å². The maximum atomic E-state index is 13.0. The minimum Gasteiger partial charge on any atom is -0.465 e. The molecule has 0 amide bonds. The molecule has 0 bridgehead atoms. The molecule has 0 N–H and O–H groups in total. The zero-order valence-corrected chi connectivity index (χ0v) is 16.2. The Morgan fingerprint density at radius 2 is 1.50 bits per heavy atom. The first kappa shape index (κ1) is 19.2. The molecule has 0 unspecified atom stereocenters. The summed E-state index contributed by atoms with van der Waals surface area (Å²) < 4.78 is 10.7. The minimum absolute atomic E-state index is 0.136. The summed E-state index contributed by atoms with van der Waals surface area (Å²) in [7, 11) is 1.26. The topological polar surface area (TPSA) is 79.6 Å². The predicted octanol–water partition coefficient (Wildman–Crippen LogP) is 4.55. The number of carbonyl (C=O) groups is 2. The molecule has 0 spiro atoms. The number of ether oxygens (including phenoxy) is 2. The molecule has 4 rings (SSSR count). The summed E-state index contributed by atoms with van der Waals surface area (Å²) in [6.07, 6.45) is 2.00. The highest BCUT2D eigenvalue weighted by molar-refractivity contribution is 6.03. The van der Waals surface area contributed by atoms with Crippen molar-refractivity contribution in [2.45, 2.75) is 12.5 Å². The van der Waals surface area contributed by atoms with Crippen molar-refractivity contribution in [2.75, 3.05) is 12.0 Å². The average molecular weight is 398 g/mol. The number of rotatable bonds is 3. The smallest absolute Gasteiger partial charge is 0.339 e. The van der Waals surface area contributed by atoms with E-state index in [1.807, 2.05) is 48.5 Å². The van der Waals surface area contributed by atoms with Crippen molar-refractivity contribution in [2.24, 2.45) is 0 Å². The number of para-hydroxylation sites is 2. The second kappa shape index (κ2) is 8.10. The van der Waals surface area contributed by atoms with Gasteiger partial charge in [0.15, 0.2) is 6.19 Å². The van der Waals surface area contributed by atoms with Gasteiger partial charge in [-0.25, -0.2) is 14.5 Å². The number of nitrogens with zero attached hydrogens (tertiary/aromatic N) is 2. The van der Waals surface area contributed by atoms with E-state index in [0.717, 1.165) is 16.8 Å². The first-order chi connectivity index (χ1) is 14.6. The van der Waals surface area contributed by atoms with E-state index >= 15 is 0 Å². The second-order valence-electron chi connectivity index (χ2n) is 6.76. The highest BCUT2D eigenvalue weighted by Gasteiger charge is 2.30. The van der Waals surface area contributed by atoms with Crippen molar-refractivity contribution in [1.29, 1.82) is 5.26 Å². The Hall–Kier alpha value is -4.11. The van der Waals surface area contributed by atoms with E-state index in [0.29, 0.717) is 12.1 Å². The number of anilines is 2. The molecular weight excluding hydrogens is 380 g/mol. The van der Waals surface area contributed by atoms with Crippen LogP contribution in [0.1, 0.15) is 37.9 Å². The Labute approximate surface area is 173 Å². The molecule has 148 valence electrons. The van der Waals surface area contributed by atoms with Gasteiger partial charge in [0.1, 0.15) is 6.10 Å². The zero-order chi connectivity index (χ0) is 21.1. The SMILES string of the molecule is COC(=O)c1ccccc1C(=O)O[C@H]1Cc2ccccc2N(C#N)c2ccccc21. The number of methoxy groups -OCH3 is 1. The molecular formula is C24H18N2O4. The fourth-order valence-electron chi connectivity index (χ4n) is 3.66. The molecule has 1 aliphatic heterocycles. The summed E-state index contributed by atoms with van der Waals surface area (Å²) in [5, 5.41) is 9.80. The number of carbonyl (C=O) groups excluding carboxylic acids is 2. The van der Waals surface area contributed by atoms with Gasteiger partial charge in [-0.3, -0.25) is 0 Å². The number of nitriles is 1. The van der Waals surface area contributed by atoms with Crippen molar-refractivity contribution in [3.63, 3.8) is 0 Å². The molecule has 0 fully saturated rings. The fourth-order valence-corrected chi connectivity index (χ4v) is 3.66. The van der Waals surface area contributed by atoms with Crippen LogP contribution < -0.4 is 4.90 Å². The quantitative estimate of drug-likeness (QED) is 0.476. The van der Waals surface area contributed by atoms with Gasteiger partial charge in [-0.15, -0.1) is 0 Å². The van der Waals surface area contributed by atoms with Crippen LogP contribution in [0.15, 0.2) is 72.8 Å². The van der Waals surface area contributed by atoms with Crippen LogP contribution >= 0.6 is 0 Å². The van der Waals surface area contributed by atoms with E-state index in [1.54, 1.807) is 17.0 Å². The van der Waals surface area contributed by atoms with E-state index in [1.165, 1.54) is 19.2 Å². The fraction of sp³-hybridized carbons (Fsp3) is 0.125. The van der Waals surface area contributed by atoms with Gasteiger partial charge < -0.3 is 9.47 Å². The van der Waals surface area contributed by atoms with Gasteiger partial charge in [0.2, 0.25) is 0 Å². The van der Waals surface area contributed by atoms with Crippen molar-refractivity contribution >= 4 is 23.3 Å². The van der Waals surface area contributed by atoms with Gasteiger partial charge in [0.05, 0.1) is 29.6 Å². The number of hydrogen-bond acceptors (Lipinski definition) is 6. The third-order valence-electron chi connectivity index (χ3n) is 5.06. The van der Waals surface area contributed by atoms with Crippen molar-refractivity contribution in [3.05, 3.63) is 95.1 Å². The molecule has 0 saturated carbocycles. The van der Waals surface area contributed by atoms with Crippen molar-refractivity contribution in [3.8, 4) is 6.19 Å². The standard InChI is InChI=1S/C24H18N2O4/c1-29-23(27)17-9-3-4-10-18(17)24(28)30-22-14-16-8-2-6-12-20(16)26(15-25)21-13-7-5-11-19(21)22/h2-13,22H,14H2,1H3/t22-/m0/s1. The van der Waals surface area contributed by atoms with Crippen LogP contribution in [0.2, 0.25) is 0 Å². The average Bonchev–Trinajstić information content (AvgIpc) is 2.92. The lowest BCUT2D eigenvalue weighted by Gasteiger charge is -2.20. The highest BCUT2D eigenvalue weighted by Crippen LogP contribution is 2.41. The maximum absolute atomic E-state index is 13.0. The van der Waals surface area contributed by atoms with Gasteiger partial charge in [-0.2, -0.15) is 5.26 Å². The zero-order valence-electron chi connectivity index (χ0n) is 16.2. The lowest BCUT2D eigenvalue weighted by atomic mass is 10.0. The Morgan fingerprint density at radius 1 is 0.900 bits per heavy atom. The Bertz CT molecular complexity index is 1170. The Kier molecular flexibility index (Phi) is 5.19. The van der Waals surface area contributed by atoms with Crippen LogP contribution in [0.25, 0.3) is 0 Å². The molecule has 3 aromatic carbocycles. The summed E-state index contributed by atoms with van der Waals surface area (Å²) in [5.74, 6) is -1.23. The number of benzene rings is 3. The molecule has 6 heteroatoms. The van der Waals surface area contributed by atoms with Gasteiger partial charge in [0.25, 0.3) is 0 Å². The van der Waals surface area contributed by atoms with Crippen LogP contribution in [-0.2, 0) is 15.9 Å². The third-order valence-corrected chi connectivity index (χ3v) is 5.06. The molecule has 0 radical (unpaired) electrons. The number of hydrogen-bond donors (Lipinski definition) is 0. The van der Waals surface area contributed by atoms with Crippen LogP contribution in [0.3, 0.4) is 0 Å². The largest absolute Gasteiger partial charge is 0.465 e. The molecule has 0 aromatic heterocycles. The van der Waals surface area contributed by atoms with Crippen molar-refractivity contribution in [1.82, 2.24) is 0 Å². The second-order valence-corrected chi connectivity index (χ2v) is 6.76. The number of esters is 2. The first-order valence-corrected chi connectivity index (χ1v) is 9.39.